The molecule has 0 radical (unpaired) electrons. The maximum atomic E-state index is 13.1. The van der Waals surface area contributed by atoms with Crippen LogP contribution in [0.25, 0.3) is 11.0 Å². The van der Waals surface area contributed by atoms with Crippen molar-refractivity contribution in [1.82, 2.24) is 14.9 Å². The van der Waals surface area contributed by atoms with Crippen molar-refractivity contribution in [2.45, 2.75) is 18.9 Å². The van der Waals surface area contributed by atoms with Crippen LogP contribution in [-0.4, -0.2) is 34.4 Å². The predicted molar refractivity (Wildman–Crippen MR) is 92.1 cm³/mol. The van der Waals surface area contributed by atoms with Crippen molar-refractivity contribution in [3.8, 4) is 5.75 Å². The number of benzene rings is 1. The van der Waals surface area contributed by atoms with Crippen molar-refractivity contribution in [3.05, 3.63) is 59.9 Å². The average Bonchev–Trinajstić information content (AvgIpc) is 3.28. The van der Waals surface area contributed by atoms with Crippen LogP contribution in [0.1, 0.15) is 34.8 Å². The van der Waals surface area contributed by atoms with Crippen LogP contribution in [0, 0.1) is 0 Å². The number of rotatable bonds is 3. The van der Waals surface area contributed by atoms with E-state index in [0.717, 1.165) is 41.7 Å². The lowest BCUT2D eigenvalue weighted by molar-refractivity contribution is 0.0737. The molecule has 0 spiro atoms. The molecule has 3 aromatic rings. The fraction of sp³-hybridized carbons (Fsp3) is 0.263. The van der Waals surface area contributed by atoms with Crippen LogP contribution in [0.15, 0.2) is 48.8 Å². The number of aromatic nitrogens is 2. The van der Waals surface area contributed by atoms with Gasteiger partial charge in [-0.25, -0.2) is 4.98 Å². The third-order valence-corrected chi connectivity index (χ3v) is 4.67. The van der Waals surface area contributed by atoms with E-state index in [1.165, 1.54) is 0 Å². The number of ether oxygens (including phenoxy) is 1. The highest BCUT2D eigenvalue weighted by Gasteiger charge is 2.31. The van der Waals surface area contributed by atoms with E-state index >= 15 is 0 Å². The van der Waals surface area contributed by atoms with Crippen molar-refractivity contribution in [2.75, 3.05) is 13.7 Å². The SMILES string of the molecule is COc1cccc(C2CCCN2C(=O)c2c[nH]c3ncccc23)c1. The molecule has 3 heterocycles. The predicted octanol–water partition coefficient (Wildman–Crippen LogP) is 3.55. The van der Waals surface area contributed by atoms with E-state index in [-0.39, 0.29) is 11.9 Å². The van der Waals surface area contributed by atoms with Crippen LogP contribution < -0.4 is 4.74 Å². The van der Waals surface area contributed by atoms with Crippen molar-refractivity contribution in [1.29, 1.82) is 0 Å². The van der Waals surface area contributed by atoms with Gasteiger partial charge in [-0.15, -0.1) is 0 Å². The second-order valence-corrected chi connectivity index (χ2v) is 6.04. The molecule has 2 aromatic heterocycles. The number of carbonyl (C=O) groups excluding carboxylic acids is 1. The summed E-state index contributed by atoms with van der Waals surface area (Å²) >= 11 is 0. The molecule has 5 heteroatoms. The van der Waals surface area contributed by atoms with E-state index in [4.69, 9.17) is 4.74 Å². The molecule has 24 heavy (non-hydrogen) atoms. The van der Waals surface area contributed by atoms with Crippen molar-refractivity contribution < 1.29 is 9.53 Å². The number of hydrogen-bond donors (Lipinski definition) is 1. The first-order valence-corrected chi connectivity index (χ1v) is 8.15. The number of amides is 1. The van der Waals surface area contributed by atoms with E-state index in [2.05, 4.69) is 16.0 Å². The molecular weight excluding hydrogens is 302 g/mol. The summed E-state index contributed by atoms with van der Waals surface area (Å²) < 4.78 is 5.32. The Morgan fingerprint density at radius 3 is 3.12 bits per heavy atom. The number of carbonyl (C=O) groups is 1. The molecular formula is C19H19N3O2. The molecule has 1 atom stereocenters. The number of H-pyrrole nitrogens is 1. The Kier molecular flexibility index (Phi) is 3.69. The number of likely N-dealkylation sites (tertiary alicyclic amines) is 1. The minimum Gasteiger partial charge on any atom is -0.497 e. The third-order valence-electron chi connectivity index (χ3n) is 4.67. The molecule has 1 saturated heterocycles. The first-order valence-electron chi connectivity index (χ1n) is 8.15. The maximum absolute atomic E-state index is 13.1. The summed E-state index contributed by atoms with van der Waals surface area (Å²) in [7, 11) is 1.66. The molecule has 1 unspecified atom stereocenters. The number of methoxy groups -OCH3 is 1. The zero-order valence-electron chi connectivity index (χ0n) is 13.5. The normalized spacial score (nSPS) is 17.4. The van der Waals surface area contributed by atoms with Crippen LogP contribution in [0.2, 0.25) is 0 Å². The van der Waals surface area contributed by atoms with Gasteiger partial charge in [-0.2, -0.15) is 0 Å². The average molecular weight is 321 g/mol. The minimum atomic E-state index is 0.0552. The summed E-state index contributed by atoms with van der Waals surface area (Å²) in [6.45, 7) is 0.771. The summed E-state index contributed by atoms with van der Waals surface area (Å²) in [4.78, 5) is 22.4. The van der Waals surface area contributed by atoms with Crippen molar-refractivity contribution >= 4 is 16.9 Å². The Labute approximate surface area is 140 Å². The molecule has 4 rings (SSSR count). The number of hydrogen-bond acceptors (Lipinski definition) is 3. The lowest BCUT2D eigenvalue weighted by Gasteiger charge is -2.25. The molecule has 1 aromatic carbocycles. The van der Waals surface area contributed by atoms with E-state index in [0.29, 0.717) is 5.56 Å². The molecule has 0 aliphatic carbocycles. The summed E-state index contributed by atoms with van der Waals surface area (Å²) in [5.74, 6) is 0.877. The summed E-state index contributed by atoms with van der Waals surface area (Å²) in [5.41, 5.74) is 2.56. The first-order chi connectivity index (χ1) is 11.8. The van der Waals surface area contributed by atoms with E-state index in [1.807, 2.05) is 35.2 Å². The monoisotopic (exact) mass is 321 g/mol. The Bertz CT molecular complexity index is 887. The second kappa shape index (κ2) is 6.00. The summed E-state index contributed by atoms with van der Waals surface area (Å²) in [6, 6.07) is 11.9. The smallest absolute Gasteiger partial charge is 0.256 e. The fourth-order valence-electron chi connectivity index (χ4n) is 3.49. The van der Waals surface area contributed by atoms with Crippen molar-refractivity contribution in [2.24, 2.45) is 0 Å². The number of aromatic amines is 1. The molecule has 1 amide bonds. The van der Waals surface area contributed by atoms with Gasteiger partial charge in [0.05, 0.1) is 18.7 Å². The van der Waals surface area contributed by atoms with E-state index < -0.39 is 0 Å². The van der Waals surface area contributed by atoms with Crippen LogP contribution >= 0.6 is 0 Å². The van der Waals surface area contributed by atoms with Gasteiger partial charge in [0.15, 0.2) is 0 Å². The third kappa shape index (κ3) is 2.42. The van der Waals surface area contributed by atoms with Gasteiger partial charge in [0, 0.05) is 24.3 Å². The lowest BCUT2D eigenvalue weighted by atomic mass is 10.0. The quantitative estimate of drug-likeness (QED) is 0.802. The number of fused-ring (bicyclic) bond motifs is 1. The van der Waals surface area contributed by atoms with Crippen LogP contribution in [-0.2, 0) is 0 Å². The molecule has 1 aliphatic heterocycles. The molecule has 1 aliphatic rings. The molecule has 1 fully saturated rings. The Balaban J connectivity index is 1.68. The largest absolute Gasteiger partial charge is 0.497 e. The maximum Gasteiger partial charge on any atom is 0.256 e. The van der Waals surface area contributed by atoms with Gasteiger partial charge in [0.25, 0.3) is 5.91 Å². The lowest BCUT2D eigenvalue weighted by Crippen LogP contribution is -2.30. The van der Waals surface area contributed by atoms with Crippen LogP contribution in [0.5, 0.6) is 5.75 Å². The molecule has 1 N–H and O–H groups in total. The fourth-order valence-corrected chi connectivity index (χ4v) is 3.49. The Morgan fingerprint density at radius 2 is 2.25 bits per heavy atom. The van der Waals surface area contributed by atoms with Gasteiger partial charge in [-0.3, -0.25) is 4.79 Å². The zero-order valence-corrected chi connectivity index (χ0v) is 13.5. The second-order valence-electron chi connectivity index (χ2n) is 6.04. The van der Waals surface area contributed by atoms with Gasteiger partial charge in [-0.05, 0) is 42.7 Å². The van der Waals surface area contributed by atoms with Crippen LogP contribution in [0.4, 0.5) is 0 Å². The molecule has 5 nitrogen and oxygen atoms in total. The topological polar surface area (TPSA) is 58.2 Å². The van der Waals surface area contributed by atoms with Gasteiger partial charge in [0.1, 0.15) is 11.4 Å². The zero-order chi connectivity index (χ0) is 16.5. The molecule has 0 bridgehead atoms. The highest BCUT2D eigenvalue weighted by atomic mass is 16.5. The first kappa shape index (κ1) is 14.8. The summed E-state index contributed by atoms with van der Waals surface area (Å²) in [6.07, 6.45) is 5.47. The minimum absolute atomic E-state index is 0.0552. The van der Waals surface area contributed by atoms with Gasteiger partial charge < -0.3 is 14.6 Å². The molecule has 122 valence electrons. The Hall–Kier alpha value is -2.82. The van der Waals surface area contributed by atoms with Gasteiger partial charge in [-0.1, -0.05) is 12.1 Å². The van der Waals surface area contributed by atoms with Gasteiger partial charge in [0.2, 0.25) is 0 Å². The van der Waals surface area contributed by atoms with E-state index in [1.54, 1.807) is 19.5 Å². The number of nitrogens with one attached hydrogen (secondary N) is 1. The highest BCUT2D eigenvalue weighted by Crippen LogP contribution is 2.35. The number of nitrogens with zero attached hydrogens (tertiary/aromatic N) is 2. The number of pyridine rings is 1. The molecule has 0 saturated carbocycles. The van der Waals surface area contributed by atoms with E-state index in [9.17, 15) is 4.79 Å². The van der Waals surface area contributed by atoms with Gasteiger partial charge >= 0.3 is 0 Å². The summed E-state index contributed by atoms with van der Waals surface area (Å²) in [5, 5.41) is 0.874. The standard InChI is InChI=1S/C19H19N3O2/c1-24-14-6-2-5-13(11-14)17-8-4-10-22(17)19(23)16-12-21-18-15(16)7-3-9-20-18/h2-3,5-7,9,11-12,17H,4,8,10H2,1H3,(H,20,21). The highest BCUT2D eigenvalue weighted by molar-refractivity contribution is 6.06. The van der Waals surface area contributed by atoms with Crippen LogP contribution in [0.3, 0.4) is 0 Å². The Morgan fingerprint density at radius 1 is 1.33 bits per heavy atom. The van der Waals surface area contributed by atoms with Crippen molar-refractivity contribution in [3.63, 3.8) is 0 Å².